The topological polar surface area (TPSA) is 131 Å². The van der Waals surface area contributed by atoms with E-state index in [2.05, 4.69) is 317 Å². The van der Waals surface area contributed by atoms with Gasteiger partial charge in [0.05, 0.1) is 33.1 Å². The molecule has 0 amide bonds. The highest BCUT2D eigenvalue weighted by atomic mass is 15.1. The van der Waals surface area contributed by atoms with Crippen molar-refractivity contribution >= 4 is 97.7 Å². The Kier molecular flexibility index (Phi) is 20.7. The van der Waals surface area contributed by atoms with Crippen LogP contribution in [0.3, 0.4) is 0 Å². The van der Waals surface area contributed by atoms with E-state index in [-0.39, 0.29) is 0 Å². The average molecular weight is 1730 g/mol. The second-order valence-corrected chi connectivity index (χ2v) is 33.5. The van der Waals surface area contributed by atoms with Gasteiger partial charge in [-0.05, 0) is 129 Å². The zero-order valence-corrected chi connectivity index (χ0v) is 73.1. The molecule has 0 bridgehead atoms. The molecule has 632 valence electrons. The molecule has 0 radical (unpaired) electrons. The maximum Gasteiger partial charge on any atom is 0.164 e. The molecule has 6 heterocycles. The highest BCUT2D eigenvalue weighted by molar-refractivity contribution is 6.23. The summed E-state index contributed by atoms with van der Waals surface area (Å²) in [5, 5.41) is 14.9. The van der Waals surface area contributed by atoms with Gasteiger partial charge in [0, 0.05) is 116 Å². The van der Waals surface area contributed by atoms with E-state index in [1.807, 2.05) is 182 Å². The molecule has 26 rings (SSSR count). The molecule has 26 aromatic rings. The fourth-order valence-electron chi connectivity index (χ4n) is 18.9. The number of aromatic nitrogens is 12. The van der Waals surface area contributed by atoms with Gasteiger partial charge in [0.1, 0.15) is 0 Å². The molecule has 6 aromatic heterocycles. The Morgan fingerprint density at radius 2 is 0.407 bits per heavy atom. The minimum atomic E-state index is 0.641. The van der Waals surface area contributed by atoms with Crippen molar-refractivity contribution in [2.45, 2.75) is 0 Å². The third-order valence-electron chi connectivity index (χ3n) is 25.3. The molecule has 20 aromatic carbocycles. The highest BCUT2D eigenvalue weighted by Gasteiger charge is 2.24. The summed E-state index contributed by atoms with van der Waals surface area (Å²) in [7, 11) is 0. The number of hydrogen-bond acceptors (Lipinski definition) is 9. The fourth-order valence-corrected chi connectivity index (χ4v) is 18.9. The molecular weight excluding hydrogens is 1650 g/mol. The van der Waals surface area contributed by atoms with Gasteiger partial charge in [-0.2, -0.15) is 0 Å². The number of rotatable bonds is 14. The quantitative estimate of drug-likeness (QED) is 0.104. The molecule has 0 spiro atoms. The molecule has 135 heavy (non-hydrogen) atoms. The summed E-state index contributed by atoms with van der Waals surface area (Å²) in [4.78, 5) is 44.2. The van der Waals surface area contributed by atoms with E-state index in [1.165, 1.54) is 120 Å². The van der Waals surface area contributed by atoms with Crippen molar-refractivity contribution in [1.82, 2.24) is 58.6 Å². The number of para-hydroxylation sites is 2. The third-order valence-corrected chi connectivity index (χ3v) is 25.3. The monoisotopic (exact) mass is 1720 g/mol. The van der Waals surface area contributed by atoms with Gasteiger partial charge in [-0.1, -0.05) is 394 Å². The van der Waals surface area contributed by atoms with Crippen LogP contribution >= 0.6 is 0 Å². The maximum absolute atomic E-state index is 4.96. The van der Waals surface area contributed by atoms with Gasteiger partial charge in [-0.3, -0.25) is 0 Å². The average Bonchev–Trinajstić information content (AvgIpc) is 1.58. The van der Waals surface area contributed by atoms with E-state index < -0.39 is 0 Å². The van der Waals surface area contributed by atoms with Crippen molar-refractivity contribution in [1.29, 1.82) is 0 Å². The van der Waals surface area contributed by atoms with E-state index >= 15 is 0 Å². The summed E-state index contributed by atoms with van der Waals surface area (Å²) in [5.41, 5.74) is 23.7. The van der Waals surface area contributed by atoms with Crippen molar-refractivity contribution in [3.63, 3.8) is 0 Å². The Morgan fingerprint density at radius 1 is 0.133 bits per heavy atom. The molecular formula is C123H80N12. The minimum Gasteiger partial charge on any atom is -0.309 e. The van der Waals surface area contributed by atoms with Crippen molar-refractivity contribution in [2.75, 3.05) is 0 Å². The van der Waals surface area contributed by atoms with Crippen LogP contribution in [0.4, 0.5) is 0 Å². The summed E-state index contributed by atoms with van der Waals surface area (Å²) in [5.74, 6) is 5.87. The first kappa shape index (κ1) is 80.0. The Hall–Kier alpha value is -18.4. The van der Waals surface area contributed by atoms with E-state index in [0.29, 0.717) is 52.4 Å². The largest absolute Gasteiger partial charge is 0.309 e. The molecule has 0 saturated carbocycles. The minimum absolute atomic E-state index is 0.641. The molecule has 0 N–H and O–H groups in total. The first-order valence-electron chi connectivity index (χ1n) is 45.3. The predicted octanol–water partition coefficient (Wildman–Crippen LogP) is 30.7. The summed E-state index contributed by atoms with van der Waals surface area (Å²) in [6, 6.07) is 169. The van der Waals surface area contributed by atoms with Gasteiger partial charge in [-0.15, -0.1) is 0 Å². The number of benzene rings is 20. The van der Waals surface area contributed by atoms with Crippen LogP contribution in [0.15, 0.2) is 485 Å². The van der Waals surface area contributed by atoms with Gasteiger partial charge in [0.2, 0.25) is 0 Å². The highest BCUT2D eigenvalue weighted by Crippen LogP contribution is 2.45. The second-order valence-electron chi connectivity index (χ2n) is 33.5. The smallest absolute Gasteiger partial charge is 0.164 e. The van der Waals surface area contributed by atoms with E-state index in [9.17, 15) is 0 Å². The Labute approximate surface area is 778 Å². The predicted molar refractivity (Wildman–Crippen MR) is 555 cm³/mol. The Bertz CT molecular complexity index is 8740. The molecule has 12 heteroatoms. The molecule has 0 aliphatic heterocycles. The van der Waals surface area contributed by atoms with Crippen LogP contribution in [0.1, 0.15) is 0 Å². The van der Waals surface area contributed by atoms with E-state index in [4.69, 9.17) is 44.9 Å². The van der Waals surface area contributed by atoms with Gasteiger partial charge in [-0.25, -0.2) is 44.9 Å². The summed E-state index contributed by atoms with van der Waals surface area (Å²) in [6.45, 7) is 0. The molecule has 12 nitrogen and oxygen atoms in total. The summed E-state index contributed by atoms with van der Waals surface area (Å²) < 4.78 is 7.18. The van der Waals surface area contributed by atoms with Crippen molar-refractivity contribution in [3.05, 3.63) is 485 Å². The number of nitrogens with zero attached hydrogens (tertiary/aromatic N) is 12. The van der Waals surface area contributed by atoms with Gasteiger partial charge in [0.25, 0.3) is 0 Å². The van der Waals surface area contributed by atoms with Gasteiger partial charge >= 0.3 is 0 Å². The third kappa shape index (κ3) is 15.2. The molecule has 0 fully saturated rings. The zero-order valence-electron chi connectivity index (χ0n) is 73.1. The lowest BCUT2D eigenvalue weighted by atomic mass is 10.0. The Balaban J connectivity index is 0.000000111. The molecule has 0 unspecified atom stereocenters. The van der Waals surface area contributed by atoms with Crippen molar-refractivity contribution < 1.29 is 0 Å². The lowest BCUT2D eigenvalue weighted by molar-refractivity contribution is 1.07. The van der Waals surface area contributed by atoms with Crippen LogP contribution in [0.5, 0.6) is 0 Å². The molecule has 0 saturated heterocycles. The molecule has 0 atom stereocenters. The lowest BCUT2D eigenvalue weighted by Gasteiger charge is -2.14. The van der Waals surface area contributed by atoms with Crippen LogP contribution in [0.25, 0.3) is 240 Å². The summed E-state index contributed by atoms with van der Waals surface area (Å²) >= 11 is 0. The standard InChI is InChI=1S/2C43H28N4.C37H24N4/c1-4-13-29(14-5-1)36-21-12-22-37-38-28-25-30-15-10-11-20-35(30)40(38)47(39(36)37)34-26-23-33(24-27-34)43-45-41(31-16-6-2-7-17-31)44-42(46-43)32-18-8-3-9-19-32;1-4-12-29(13-5-1)34-23-26-37-38-27-22-30-14-10-11-19-36(30)40(38)47(39(37)28-34)35-24-20-33(21-25-35)43-45-41(31-15-6-2-7-16-31)44-42(46-43)32-17-8-3-9-18-32;1-3-12-26(13-4-1)35-38-36(27-14-5-2-6-15-27)40-37(39-35)28-19-22-29(23-20-28)41-32-18-10-9-17-31(32)34-30-16-8-7-11-25(30)21-24-33(34)41/h2*1-28H;1-24H. The van der Waals surface area contributed by atoms with Crippen LogP contribution in [0.2, 0.25) is 0 Å². The first-order valence-corrected chi connectivity index (χ1v) is 45.3. The molecule has 0 aliphatic rings. The van der Waals surface area contributed by atoms with E-state index in [1.54, 1.807) is 0 Å². The number of hydrogen-bond donors (Lipinski definition) is 0. The van der Waals surface area contributed by atoms with Crippen LogP contribution in [-0.4, -0.2) is 58.6 Å². The second kappa shape index (κ2) is 34.9. The normalized spacial score (nSPS) is 11.4. The maximum atomic E-state index is 4.96. The lowest BCUT2D eigenvalue weighted by Crippen LogP contribution is -2.00. The SMILES string of the molecule is c1ccc(-c2ccc3c4ccc5ccccc5c4n(-c4ccc(-c5nc(-c6ccccc6)nc(-c6ccccc6)n5)cc4)c3c2)cc1.c1ccc(-c2nc(-c3ccccc3)nc(-c3ccc(-n4c5c(-c6ccccc6)cccc5c5ccc6ccccc6c54)cc3)n2)cc1.c1ccc(-c2nc(-c3ccccc3)nc(-c3ccc(-n4c5ccccc5c5c6ccccc6ccc54)cc3)n2)cc1. The first-order chi connectivity index (χ1) is 66.9. The van der Waals surface area contributed by atoms with Crippen LogP contribution in [0, 0.1) is 0 Å². The number of fused-ring (bicyclic) bond motifs is 15. The van der Waals surface area contributed by atoms with Crippen molar-refractivity contribution in [2.24, 2.45) is 0 Å². The zero-order chi connectivity index (χ0) is 89.5. The fraction of sp³-hybridized carbons (Fsp3) is 0. The van der Waals surface area contributed by atoms with Crippen LogP contribution in [-0.2, 0) is 0 Å². The van der Waals surface area contributed by atoms with Gasteiger partial charge < -0.3 is 13.7 Å². The van der Waals surface area contributed by atoms with E-state index in [0.717, 1.165) is 67.1 Å². The molecule has 0 aliphatic carbocycles. The van der Waals surface area contributed by atoms with Crippen LogP contribution < -0.4 is 0 Å². The van der Waals surface area contributed by atoms with Gasteiger partial charge in [0.15, 0.2) is 52.4 Å². The Morgan fingerprint density at radius 3 is 0.815 bits per heavy atom. The van der Waals surface area contributed by atoms with Crippen molar-refractivity contribution in [3.8, 4) is 142 Å². The summed E-state index contributed by atoms with van der Waals surface area (Å²) in [6.07, 6.45) is 0.